The SMILES string of the molecule is C=CCNCc1cc(Cl)c(OCc2ccc(Cl)cc2)c(OC)c1.Cl. The fourth-order valence-electron chi connectivity index (χ4n) is 2.07. The first-order valence-electron chi connectivity index (χ1n) is 7.19. The summed E-state index contributed by atoms with van der Waals surface area (Å²) in [7, 11) is 1.60. The third-order valence-electron chi connectivity index (χ3n) is 3.20. The average molecular weight is 389 g/mol. The number of benzene rings is 2. The summed E-state index contributed by atoms with van der Waals surface area (Å²) in [6, 6.07) is 11.3. The van der Waals surface area contributed by atoms with Crippen LogP contribution in [0.1, 0.15) is 11.1 Å². The number of rotatable bonds is 8. The molecule has 1 N–H and O–H groups in total. The normalized spacial score (nSPS) is 9.96. The number of nitrogens with one attached hydrogen (secondary N) is 1. The lowest BCUT2D eigenvalue weighted by Crippen LogP contribution is -2.12. The van der Waals surface area contributed by atoms with Crippen molar-refractivity contribution in [3.05, 3.63) is 70.2 Å². The zero-order chi connectivity index (χ0) is 16.7. The Morgan fingerprint density at radius 2 is 1.83 bits per heavy atom. The summed E-state index contributed by atoms with van der Waals surface area (Å²) >= 11 is 12.2. The minimum absolute atomic E-state index is 0. The van der Waals surface area contributed by atoms with Crippen LogP contribution in [0.15, 0.2) is 49.1 Å². The first kappa shape index (κ1) is 20.7. The molecule has 24 heavy (non-hydrogen) atoms. The van der Waals surface area contributed by atoms with Gasteiger partial charge in [-0.3, -0.25) is 0 Å². The molecule has 0 fully saturated rings. The zero-order valence-electron chi connectivity index (χ0n) is 13.4. The second-order valence-electron chi connectivity index (χ2n) is 4.94. The van der Waals surface area contributed by atoms with Crippen LogP contribution < -0.4 is 14.8 Å². The van der Waals surface area contributed by atoms with Crippen molar-refractivity contribution >= 4 is 35.6 Å². The van der Waals surface area contributed by atoms with E-state index >= 15 is 0 Å². The van der Waals surface area contributed by atoms with Crippen LogP contribution in [0, 0.1) is 0 Å². The molecule has 0 aliphatic carbocycles. The van der Waals surface area contributed by atoms with E-state index in [0.29, 0.717) is 34.7 Å². The second kappa shape index (κ2) is 10.5. The standard InChI is InChI=1S/C18H19Cl2NO2.ClH/c1-3-8-21-11-14-9-16(20)18(17(10-14)22-2)23-12-13-4-6-15(19)7-5-13;/h3-7,9-10,21H,1,8,11-12H2,2H3;1H. The van der Waals surface area contributed by atoms with Crippen molar-refractivity contribution in [1.29, 1.82) is 0 Å². The zero-order valence-corrected chi connectivity index (χ0v) is 15.7. The van der Waals surface area contributed by atoms with E-state index in [0.717, 1.165) is 17.7 Å². The van der Waals surface area contributed by atoms with Crippen molar-refractivity contribution in [2.24, 2.45) is 0 Å². The van der Waals surface area contributed by atoms with Crippen LogP contribution in [-0.2, 0) is 13.2 Å². The van der Waals surface area contributed by atoms with Crippen molar-refractivity contribution < 1.29 is 9.47 Å². The number of hydrogen-bond donors (Lipinski definition) is 1. The maximum absolute atomic E-state index is 6.34. The molecule has 2 aromatic rings. The average Bonchev–Trinajstić information content (AvgIpc) is 2.55. The minimum atomic E-state index is 0. The molecule has 3 nitrogen and oxygen atoms in total. The van der Waals surface area contributed by atoms with Crippen LogP contribution in [0.5, 0.6) is 11.5 Å². The van der Waals surface area contributed by atoms with Crippen LogP contribution in [0.2, 0.25) is 10.0 Å². The Bertz CT molecular complexity index is 660. The molecular formula is C18H20Cl3NO2. The lowest BCUT2D eigenvalue weighted by atomic mass is 10.2. The maximum Gasteiger partial charge on any atom is 0.180 e. The van der Waals surface area contributed by atoms with Crippen molar-refractivity contribution in [3.8, 4) is 11.5 Å². The number of halogens is 3. The van der Waals surface area contributed by atoms with Crippen LogP contribution in [-0.4, -0.2) is 13.7 Å². The van der Waals surface area contributed by atoms with E-state index in [9.17, 15) is 0 Å². The Balaban J connectivity index is 0.00000288. The molecule has 0 amide bonds. The van der Waals surface area contributed by atoms with E-state index in [-0.39, 0.29) is 12.4 Å². The van der Waals surface area contributed by atoms with Gasteiger partial charge in [0, 0.05) is 18.1 Å². The molecule has 0 aliphatic heterocycles. The van der Waals surface area contributed by atoms with Gasteiger partial charge >= 0.3 is 0 Å². The molecule has 0 aliphatic rings. The first-order chi connectivity index (χ1) is 11.1. The van der Waals surface area contributed by atoms with Crippen molar-refractivity contribution in [2.75, 3.05) is 13.7 Å². The van der Waals surface area contributed by atoms with E-state index in [2.05, 4.69) is 11.9 Å². The van der Waals surface area contributed by atoms with Gasteiger partial charge in [-0.1, -0.05) is 41.4 Å². The summed E-state index contributed by atoms with van der Waals surface area (Å²) in [6.45, 7) is 5.48. The summed E-state index contributed by atoms with van der Waals surface area (Å²) in [4.78, 5) is 0. The molecule has 2 rings (SSSR count). The van der Waals surface area contributed by atoms with Crippen molar-refractivity contribution in [3.63, 3.8) is 0 Å². The summed E-state index contributed by atoms with van der Waals surface area (Å²) < 4.78 is 11.2. The highest BCUT2D eigenvalue weighted by atomic mass is 35.5. The maximum atomic E-state index is 6.34. The van der Waals surface area contributed by atoms with Gasteiger partial charge in [0.1, 0.15) is 6.61 Å². The summed E-state index contributed by atoms with van der Waals surface area (Å²) in [5, 5.41) is 4.44. The van der Waals surface area contributed by atoms with Gasteiger partial charge in [-0.05, 0) is 35.4 Å². The van der Waals surface area contributed by atoms with Gasteiger partial charge in [0.2, 0.25) is 0 Å². The predicted molar refractivity (Wildman–Crippen MR) is 103 cm³/mol. The molecular weight excluding hydrogens is 369 g/mol. The van der Waals surface area contributed by atoms with Crippen LogP contribution in [0.4, 0.5) is 0 Å². The monoisotopic (exact) mass is 387 g/mol. The molecule has 6 heteroatoms. The lowest BCUT2D eigenvalue weighted by molar-refractivity contribution is 0.284. The molecule has 130 valence electrons. The fourth-order valence-corrected chi connectivity index (χ4v) is 2.48. The quantitative estimate of drug-likeness (QED) is 0.493. The van der Waals surface area contributed by atoms with Gasteiger partial charge in [0.15, 0.2) is 11.5 Å². The Morgan fingerprint density at radius 3 is 2.46 bits per heavy atom. The van der Waals surface area contributed by atoms with E-state index in [1.54, 1.807) is 7.11 Å². The Hall–Kier alpha value is -1.39. The van der Waals surface area contributed by atoms with Crippen LogP contribution in [0.3, 0.4) is 0 Å². The first-order valence-corrected chi connectivity index (χ1v) is 7.95. The highest BCUT2D eigenvalue weighted by Crippen LogP contribution is 2.37. The van der Waals surface area contributed by atoms with E-state index in [1.165, 1.54) is 0 Å². The smallest absolute Gasteiger partial charge is 0.180 e. The molecule has 0 spiro atoms. The predicted octanol–water partition coefficient (Wildman–Crippen LogP) is 5.28. The molecule has 0 unspecified atom stereocenters. The van der Waals surface area contributed by atoms with Gasteiger partial charge in [0.05, 0.1) is 12.1 Å². The summed E-state index contributed by atoms with van der Waals surface area (Å²) in [5.41, 5.74) is 2.02. The minimum Gasteiger partial charge on any atom is -0.493 e. The summed E-state index contributed by atoms with van der Waals surface area (Å²) in [6.07, 6.45) is 1.81. The third kappa shape index (κ3) is 5.91. The highest BCUT2D eigenvalue weighted by molar-refractivity contribution is 6.32. The Labute approximate surface area is 159 Å². The number of methoxy groups -OCH3 is 1. The molecule has 0 radical (unpaired) electrons. The topological polar surface area (TPSA) is 30.5 Å². The molecule has 0 saturated heterocycles. The largest absolute Gasteiger partial charge is 0.493 e. The van der Waals surface area contributed by atoms with Gasteiger partial charge < -0.3 is 14.8 Å². The van der Waals surface area contributed by atoms with E-state index in [4.69, 9.17) is 32.7 Å². The summed E-state index contributed by atoms with van der Waals surface area (Å²) in [5.74, 6) is 1.15. The second-order valence-corrected chi connectivity index (χ2v) is 5.79. The van der Waals surface area contributed by atoms with Gasteiger partial charge in [-0.25, -0.2) is 0 Å². The highest BCUT2D eigenvalue weighted by Gasteiger charge is 2.12. The fraction of sp³-hybridized carbons (Fsp3) is 0.222. The lowest BCUT2D eigenvalue weighted by Gasteiger charge is -2.14. The molecule has 0 heterocycles. The molecule has 0 bridgehead atoms. The van der Waals surface area contributed by atoms with Gasteiger partial charge in [0.25, 0.3) is 0 Å². The van der Waals surface area contributed by atoms with Gasteiger partial charge in [-0.2, -0.15) is 0 Å². The van der Waals surface area contributed by atoms with Crippen molar-refractivity contribution in [1.82, 2.24) is 5.32 Å². The van der Waals surface area contributed by atoms with Crippen LogP contribution >= 0.6 is 35.6 Å². The number of hydrogen-bond acceptors (Lipinski definition) is 3. The number of ether oxygens (including phenoxy) is 2. The third-order valence-corrected chi connectivity index (χ3v) is 3.74. The van der Waals surface area contributed by atoms with E-state index in [1.807, 2.05) is 42.5 Å². The van der Waals surface area contributed by atoms with Crippen LogP contribution in [0.25, 0.3) is 0 Å². The molecule has 0 aromatic heterocycles. The van der Waals surface area contributed by atoms with E-state index < -0.39 is 0 Å². The van der Waals surface area contributed by atoms with Gasteiger partial charge in [-0.15, -0.1) is 19.0 Å². The Kier molecular flexibility index (Phi) is 9.01. The molecule has 2 aromatic carbocycles. The molecule has 0 atom stereocenters. The molecule has 0 saturated carbocycles. The Morgan fingerprint density at radius 1 is 1.12 bits per heavy atom. The van der Waals surface area contributed by atoms with Crippen molar-refractivity contribution in [2.45, 2.75) is 13.2 Å².